The third kappa shape index (κ3) is 3.36. The van der Waals surface area contributed by atoms with E-state index in [1.807, 2.05) is 0 Å². The molecule has 0 aliphatic heterocycles. The average Bonchev–Trinajstić information content (AvgIpc) is 2.43. The molecular formula is C15H13BrClF2NO. The summed E-state index contributed by atoms with van der Waals surface area (Å²) < 4.78 is 28.6. The van der Waals surface area contributed by atoms with Gasteiger partial charge in [0.2, 0.25) is 0 Å². The molecule has 1 atom stereocenters. The van der Waals surface area contributed by atoms with Crippen LogP contribution in [-0.4, -0.2) is 11.7 Å². The molecule has 2 nitrogen and oxygen atoms in total. The smallest absolute Gasteiger partial charge is 0.131 e. The zero-order valence-corrected chi connectivity index (χ0v) is 13.5. The van der Waals surface area contributed by atoms with Crippen LogP contribution in [0.3, 0.4) is 0 Å². The van der Waals surface area contributed by atoms with Crippen LogP contribution in [-0.2, 0) is 5.54 Å². The number of hydrogen-bond acceptors (Lipinski definition) is 2. The Hall–Kier alpha value is -1.17. The molecule has 21 heavy (non-hydrogen) atoms. The Bertz CT molecular complexity index is 648. The van der Waals surface area contributed by atoms with Crippen molar-refractivity contribution in [1.29, 1.82) is 0 Å². The summed E-state index contributed by atoms with van der Waals surface area (Å²) in [6.45, 7) is 1.04. The lowest BCUT2D eigenvalue weighted by molar-refractivity contribution is 0.216. The minimum atomic E-state index is -1.30. The van der Waals surface area contributed by atoms with E-state index in [9.17, 15) is 13.9 Å². The third-order valence-corrected chi connectivity index (χ3v) is 4.38. The first kappa shape index (κ1) is 16.2. The van der Waals surface area contributed by atoms with E-state index in [1.165, 1.54) is 13.0 Å². The monoisotopic (exact) mass is 375 g/mol. The highest BCUT2D eigenvalue weighted by Gasteiger charge is 2.32. The van der Waals surface area contributed by atoms with Gasteiger partial charge in [-0.05, 0) is 53.2 Å². The fourth-order valence-corrected chi connectivity index (χ4v) is 2.59. The summed E-state index contributed by atoms with van der Waals surface area (Å²) in [4.78, 5) is 0. The highest BCUT2D eigenvalue weighted by Crippen LogP contribution is 2.32. The lowest BCUT2D eigenvalue weighted by Crippen LogP contribution is -2.37. The van der Waals surface area contributed by atoms with Crippen LogP contribution in [0.4, 0.5) is 14.5 Å². The topological polar surface area (TPSA) is 32.3 Å². The zero-order valence-electron chi connectivity index (χ0n) is 11.1. The third-order valence-electron chi connectivity index (χ3n) is 3.17. The lowest BCUT2D eigenvalue weighted by atomic mass is 9.91. The van der Waals surface area contributed by atoms with Gasteiger partial charge in [-0.2, -0.15) is 0 Å². The first-order valence-electron chi connectivity index (χ1n) is 6.16. The van der Waals surface area contributed by atoms with E-state index in [2.05, 4.69) is 21.2 Å². The number of aliphatic hydroxyl groups is 1. The molecule has 0 aliphatic carbocycles. The predicted molar refractivity (Wildman–Crippen MR) is 83.6 cm³/mol. The Labute approximate surface area is 134 Å². The Morgan fingerprint density at radius 3 is 2.38 bits per heavy atom. The SMILES string of the molecule is CC(CO)(Nc1ccc(Cl)c(Br)c1)c1c(F)cccc1F. The molecule has 0 saturated heterocycles. The van der Waals surface area contributed by atoms with Gasteiger partial charge in [0, 0.05) is 10.2 Å². The van der Waals surface area contributed by atoms with Crippen molar-refractivity contribution >= 4 is 33.2 Å². The minimum absolute atomic E-state index is 0.210. The molecule has 6 heteroatoms. The van der Waals surface area contributed by atoms with Gasteiger partial charge in [-0.1, -0.05) is 17.7 Å². The summed E-state index contributed by atoms with van der Waals surface area (Å²) in [5, 5.41) is 13.1. The molecule has 0 fully saturated rings. The molecule has 0 heterocycles. The average molecular weight is 377 g/mol. The summed E-state index contributed by atoms with van der Waals surface area (Å²) in [5.74, 6) is -1.43. The van der Waals surface area contributed by atoms with Gasteiger partial charge in [-0.25, -0.2) is 8.78 Å². The van der Waals surface area contributed by atoms with Crippen molar-refractivity contribution in [2.75, 3.05) is 11.9 Å². The van der Waals surface area contributed by atoms with Crippen LogP contribution in [0.15, 0.2) is 40.9 Å². The van der Waals surface area contributed by atoms with Gasteiger partial charge in [0.05, 0.1) is 22.7 Å². The largest absolute Gasteiger partial charge is 0.394 e. The van der Waals surface area contributed by atoms with Gasteiger partial charge in [0.15, 0.2) is 0 Å². The fourth-order valence-electron chi connectivity index (χ4n) is 2.10. The number of benzene rings is 2. The number of nitrogens with one attached hydrogen (secondary N) is 1. The Morgan fingerprint density at radius 1 is 1.24 bits per heavy atom. The molecule has 2 aromatic rings. The summed E-state index contributed by atoms with van der Waals surface area (Å²) >= 11 is 9.19. The maximum absolute atomic E-state index is 14.0. The summed E-state index contributed by atoms with van der Waals surface area (Å²) in [6, 6.07) is 8.58. The molecule has 0 saturated carbocycles. The molecule has 0 spiro atoms. The Morgan fingerprint density at radius 2 is 1.86 bits per heavy atom. The summed E-state index contributed by atoms with van der Waals surface area (Å²) in [6.07, 6.45) is 0. The van der Waals surface area contributed by atoms with Crippen molar-refractivity contribution < 1.29 is 13.9 Å². The van der Waals surface area contributed by atoms with Gasteiger partial charge in [-0.3, -0.25) is 0 Å². The van der Waals surface area contributed by atoms with E-state index < -0.39 is 23.8 Å². The maximum Gasteiger partial charge on any atom is 0.131 e. The van der Waals surface area contributed by atoms with Crippen LogP contribution in [0.2, 0.25) is 5.02 Å². The van der Waals surface area contributed by atoms with Crippen LogP contribution >= 0.6 is 27.5 Å². The molecule has 0 aromatic heterocycles. The maximum atomic E-state index is 14.0. The molecule has 0 radical (unpaired) electrons. The van der Waals surface area contributed by atoms with Crippen LogP contribution in [0.25, 0.3) is 0 Å². The number of aliphatic hydroxyl groups excluding tert-OH is 1. The molecule has 1 unspecified atom stereocenters. The van der Waals surface area contributed by atoms with Gasteiger partial charge in [-0.15, -0.1) is 0 Å². The normalized spacial score (nSPS) is 13.8. The summed E-state index contributed by atoms with van der Waals surface area (Å²) in [5.41, 5.74) is -0.938. The van der Waals surface area contributed by atoms with E-state index in [0.29, 0.717) is 15.2 Å². The van der Waals surface area contributed by atoms with E-state index >= 15 is 0 Å². The molecule has 0 bridgehead atoms. The van der Waals surface area contributed by atoms with E-state index in [0.717, 1.165) is 12.1 Å². The molecule has 2 aromatic carbocycles. The Balaban J connectivity index is 2.44. The highest BCUT2D eigenvalue weighted by atomic mass is 79.9. The number of halogens is 4. The quantitative estimate of drug-likeness (QED) is 0.810. The van der Waals surface area contributed by atoms with E-state index in [4.69, 9.17) is 11.6 Å². The minimum Gasteiger partial charge on any atom is -0.394 e. The van der Waals surface area contributed by atoms with Crippen molar-refractivity contribution in [1.82, 2.24) is 0 Å². The lowest BCUT2D eigenvalue weighted by Gasteiger charge is -2.31. The predicted octanol–water partition coefficient (Wildman–Crippen LogP) is 4.70. The number of hydrogen-bond donors (Lipinski definition) is 2. The first-order chi connectivity index (χ1) is 9.87. The van der Waals surface area contributed by atoms with Crippen molar-refractivity contribution in [3.05, 3.63) is 63.1 Å². The van der Waals surface area contributed by atoms with Gasteiger partial charge in [0.1, 0.15) is 11.6 Å². The van der Waals surface area contributed by atoms with Gasteiger partial charge >= 0.3 is 0 Å². The standard InChI is InChI=1S/C15H13BrClF2NO/c1-15(8-21,14-12(18)3-2-4-13(14)19)20-9-5-6-11(17)10(16)7-9/h2-7,20-21H,8H2,1H3. The first-order valence-corrected chi connectivity index (χ1v) is 7.33. The van der Waals surface area contributed by atoms with E-state index in [-0.39, 0.29) is 5.56 Å². The van der Waals surface area contributed by atoms with Crippen molar-refractivity contribution in [2.24, 2.45) is 0 Å². The molecule has 112 valence electrons. The van der Waals surface area contributed by atoms with Crippen LogP contribution in [0.5, 0.6) is 0 Å². The molecule has 0 aliphatic rings. The zero-order chi connectivity index (χ0) is 15.6. The molecular weight excluding hydrogens is 364 g/mol. The second-order valence-corrected chi connectivity index (χ2v) is 6.10. The van der Waals surface area contributed by atoms with Gasteiger partial charge in [0.25, 0.3) is 0 Å². The second kappa shape index (κ2) is 6.30. The van der Waals surface area contributed by atoms with Crippen molar-refractivity contribution in [2.45, 2.75) is 12.5 Å². The summed E-state index contributed by atoms with van der Waals surface area (Å²) in [7, 11) is 0. The van der Waals surface area contributed by atoms with Crippen molar-refractivity contribution in [3.8, 4) is 0 Å². The van der Waals surface area contributed by atoms with Crippen LogP contribution in [0, 0.1) is 11.6 Å². The number of rotatable bonds is 4. The Kier molecular flexibility index (Phi) is 4.86. The van der Waals surface area contributed by atoms with Crippen molar-refractivity contribution in [3.63, 3.8) is 0 Å². The number of anilines is 1. The molecule has 2 N–H and O–H groups in total. The van der Waals surface area contributed by atoms with Crippen LogP contribution in [0.1, 0.15) is 12.5 Å². The van der Waals surface area contributed by atoms with Gasteiger partial charge < -0.3 is 10.4 Å². The van der Waals surface area contributed by atoms with Crippen LogP contribution < -0.4 is 5.32 Å². The fraction of sp³-hybridized carbons (Fsp3) is 0.200. The molecule has 0 amide bonds. The molecule has 2 rings (SSSR count). The van der Waals surface area contributed by atoms with E-state index in [1.54, 1.807) is 18.2 Å². The highest BCUT2D eigenvalue weighted by molar-refractivity contribution is 9.10. The second-order valence-electron chi connectivity index (χ2n) is 4.84.